The second kappa shape index (κ2) is 7.58. The molecule has 2 aliphatic rings. The smallest absolute Gasteiger partial charge is 0.227 e. The summed E-state index contributed by atoms with van der Waals surface area (Å²) in [5.74, 6) is 0.977. The van der Waals surface area contributed by atoms with Crippen molar-refractivity contribution in [2.24, 2.45) is 5.92 Å². The van der Waals surface area contributed by atoms with Crippen LogP contribution in [0.2, 0.25) is 0 Å². The molecule has 1 aromatic carbocycles. The van der Waals surface area contributed by atoms with Gasteiger partial charge in [0.15, 0.2) is 0 Å². The minimum Gasteiger partial charge on any atom is -0.379 e. The molecule has 25 heavy (non-hydrogen) atoms. The summed E-state index contributed by atoms with van der Waals surface area (Å²) in [6, 6.07) is 8.19. The Morgan fingerprint density at radius 3 is 2.68 bits per heavy atom. The van der Waals surface area contributed by atoms with E-state index in [0.717, 1.165) is 81.2 Å². The van der Waals surface area contributed by atoms with Gasteiger partial charge in [-0.15, -0.1) is 0 Å². The number of hydrogen-bond donors (Lipinski definition) is 1. The van der Waals surface area contributed by atoms with Gasteiger partial charge in [-0.3, -0.25) is 9.69 Å². The summed E-state index contributed by atoms with van der Waals surface area (Å²) in [4.78, 5) is 20.5. The molecule has 134 valence electrons. The van der Waals surface area contributed by atoms with Crippen LogP contribution in [0.4, 0.5) is 0 Å². The molecule has 0 atom stereocenters. The second-order valence-corrected chi connectivity index (χ2v) is 7.27. The highest BCUT2D eigenvalue weighted by molar-refractivity contribution is 5.88. The highest BCUT2D eigenvalue weighted by Crippen LogP contribution is 2.22. The maximum atomic E-state index is 12.7. The number of piperidine rings is 1. The van der Waals surface area contributed by atoms with E-state index in [4.69, 9.17) is 4.74 Å². The zero-order chi connectivity index (χ0) is 17.1. The van der Waals surface area contributed by atoms with Crippen LogP contribution >= 0.6 is 0 Å². The summed E-state index contributed by atoms with van der Waals surface area (Å²) in [5, 5.41) is 1.16. The Morgan fingerprint density at radius 1 is 1.12 bits per heavy atom. The molecule has 0 radical (unpaired) electrons. The molecular formula is C20H27N3O2. The average molecular weight is 341 g/mol. The summed E-state index contributed by atoms with van der Waals surface area (Å²) in [6.45, 7) is 6.80. The quantitative estimate of drug-likeness (QED) is 0.928. The number of benzene rings is 1. The molecule has 5 nitrogen and oxygen atoms in total. The summed E-state index contributed by atoms with van der Waals surface area (Å²) in [7, 11) is 0. The predicted octanol–water partition coefficient (Wildman–Crippen LogP) is 2.28. The van der Waals surface area contributed by atoms with Crippen LogP contribution in [-0.2, 0) is 16.0 Å². The standard InChI is InChI=1S/C20H27N3O2/c24-20(13-17-14-21-19-4-2-1-3-18(17)19)23-7-5-16(6-8-23)15-22-9-11-25-12-10-22/h1-4,14,16,21H,5-13,15H2. The normalized spacial score (nSPS) is 20.2. The number of rotatable bonds is 4. The van der Waals surface area contributed by atoms with Crippen LogP contribution in [0.15, 0.2) is 30.5 Å². The first-order valence-electron chi connectivity index (χ1n) is 9.42. The lowest BCUT2D eigenvalue weighted by atomic mass is 9.95. The molecule has 1 aromatic heterocycles. The molecule has 5 heteroatoms. The van der Waals surface area contributed by atoms with Crippen molar-refractivity contribution in [2.45, 2.75) is 19.3 Å². The van der Waals surface area contributed by atoms with Gasteiger partial charge in [-0.2, -0.15) is 0 Å². The van der Waals surface area contributed by atoms with Gasteiger partial charge in [0.25, 0.3) is 0 Å². The molecule has 2 saturated heterocycles. The highest BCUT2D eigenvalue weighted by atomic mass is 16.5. The third-order valence-electron chi connectivity index (χ3n) is 5.60. The van der Waals surface area contributed by atoms with Gasteiger partial charge in [0, 0.05) is 49.8 Å². The van der Waals surface area contributed by atoms with Crippen molar-refractivity contribution in [1.82, 2.24) is 14.8 Å². The van der Waals surface area contributed by atoms with E-state index < -0.39 is 0 Å². The van der Waals surface area contributed by atoms with Crippen molar-refractivity contribution in [2.75, 3.05) is 45.9 Å². The van der Waals surface area contributed by atoms with E-state index in [2.05, 4.69) is 26.9 Å². The number of nitrogens with one attached hydrogen (secondary N) is 1. The van der Waals surface area contributed by atoms with Crippen LogP contribution in [0.1, 0.15) is 18.4 Å². The molecule has 0 saturated carbocycles. The molecule has 0 unspecified atom stereocenters. The number of hydrogen-bond acceptors (Lipinski definition) is 3. The van der Waals surface area contributed by atoms with Crippen LogP contribution in [0, 0.1) is 5.92 Å². The van der Waals surface area contributed by atoms with Gasteiger partial charge in [0.05, 0.1) is 19.6 Å². The summed E-state index contributed by atoms with van der Waals surface area (Å²) >= 11 is 0. The van der Waals surface area contributed by atoms with Crippen molar-refractivity contribution >= 4 is 16.8 Å². The van der Waals surface area contributed by atoms with Gasteiger partial charge in [-0.05, 0) is 30.4 Å². The second-order valence-electron chi connectivity index (χ2n) is 7.27. The van der Waals surface area contributed by atoms with Crippen molar-refractivity contribution in [3.8, 4) is 0 Å². The van der Waals surface area contributed by atoms with E-state index in [1.54, 1.807) is 0 Å². The molecule has 2 aromatic rings. The fraction of sp³-hybridized carbons (Fsp3) is 0.550. The zero-order valence-electron chi connectivity index (χ0n) is 14.7. The van der Waals surface area contributed by atoms with E-state index in [1.807, 2.05) is 18.3 Å². The number of carbonyl (C=O) groups is 1. The van der Waals surface area contributed by atoms with Crippen molar-refractivity contribution in [3.05, 3.63) is 36.0 Å². The Hall–Kier alpha value is -1.85. The van der Waals surface area contributed by atoms with E-state index in [0.29, 0.717) is 6.42 Å². The van der Waals surface area contributed by atoms with Crippen molar-refractivity contribution in [1.29, 1.82) is 0 Å². The molecule has 0 aliphatic carbocycles. The molecule has 2 fully saturated rings. The number of morpholine rings is 1. The first-order chi connectivity index (χ1) is 12.3. The van der Waals surface area contributed by atoms with Gasteiger partial charge in [0.1, 0.15) is 0 Å². The number of nitrogens with zero attached hydrogens (tertiary/aromatic N) is 2. The van der Waals surface area contributed by atoms with Gasteiger partial charge in [0.2, 0.25) is 5.91 Å². The van der Waals surface area contributed by atoms with E-state index in [9.17, 15) is 4.79 Å². The number of likely N-dealkylation sites (tertiary alicyclic amines) is 1. The van der Waals surface area contributed by atoms with Gasteiger partial charge >= 0.3 is 0 Å². The topological polar surface area (TPSA) is 48.6 Å². The van der Waals surface area contributed by atoms with Crippen LogP contribution in [0.3, 0.4) is 0 Å². The zero-order valence-corrected chi connectivity index (χ0v) is 14.7. The third kappa shape index (κ3) is 3.88. The van der Waals surface area contributed by atoms with Crippen LogP contribution in [0.25, 0.3) is 10.9 Å². The largest absolute Gasteiger partial charge is 0.379 e. The number of para-hydroxylation sites is 1. The Kier molecular flexibility index (Phi) is 5.04. The fourth-order valence-corrected chi connectivity index (χ4v) is 4.07. The number of aromatic nitrogens is 1. The minimum atomic E-state index is 0.259. The Labute approximate surface area is 148 Å². The van der Waals surface area contributed by atoms with Crippen molar-refractivity contribution < 1.29 is 9.53 Å². The first kappa shape index (κ1) is 16.6. The Morgan fingerprint density at radius 2 is 1.88 bits per heavy atom. The predicted molar refractivity (Wildman–Crippen MR) is 98.6 cm³/mol. The first-order valence-corrected chi connectivity index (χ1v) is 9.42. The average Bonchev–Trinajstić information content (AvgIpc) is 3.06. The lowest BCUT2D eigenvalue weighted by Crippen LogP contribution is -2.44. The molecular weight excluding hydrogens is 314 g/mol. The molecule has 1 N–H and O–H groups in total. The Balaban J connectivity index is 1.29. The summed E-state index contributed by atoms with van der Waals surface area (Å²) in [6.07, 6.45) is 4.72. The molecule has 1 amide bonds. The van der Waals surface area contributed by atoms with Crippen LogP contribution in [-0.4, -0.2) is 66.6 Å². The van der Waals surface area contributed by atoms with Gasteiger partial charge < -0.3 is 14.6 Å². The SMILES string of the molecule is O=C(Cc1c[nH]c2ccccc12)N1CCC(CN2CCOCC2)CC1. The maximum absolute atomic E-state index is 12.7. The monoisotopic (exact) mass is 341 g/mol. The Bertz CT molecular complexity index is 713. The highest BCUT2D eigenvalue weighted by Gasteiger charge is 2.25. The van der Waals surface area contributed by atoms with Crippen LogP contribution in [0.5, 0.6) is 0 Å². The van der Waals surface area contributed by atoms with Crippen molar-refractivity contribution in [3.63, 3.8) is 0 Å². The lowest BCUT2D eigenvalue weighted by molar-refractivity contribution is -0.131. The number of amides is 1. The minimum absolute atomic E-state index is 0.259. The van der Waals surface area contributed by atoms with E-state index >= 15 is 0 Å². The number of ether oxygens (including phenoxy) is 1. The molecule has 2 aliphatic heterocycles. The molecule has 4 rings (SSSR count). The number of fused-ring (bicyclic) bond motifs is 1. The molecule has 0 spiro atoms. The number of aromatic amines is 1. The third-order valence-corrected chi connectivity index (χ3v) is 5.60. The van der Waals surface area contributed by atoms with E-state index in [-0.39, 0.29) is 5.91 Å². The van der Waals surface area contributed by atoms with Gasteiger partial charge in [-0.1, -0.05) is 18.2 Å². The fourth-order valence-electron chi connectivity index (χ4n) is 4.07. The molecule has 3 heterocycles. The van der Waals surface area contributed by atoms with Crippen LogP contribution < -0.4 is 0 Å². The maximum Gasteiger partial charge on any atom is 0.227 e. The summed E-state index contributed by atoms with van der Waals surface area (Å²) in [5.41, 5.74) is 2.21. The van der Waals surface area contributed by atoms with Gasteiger partial charge in [-0.25, -0.2) is 0 Å². The lowest BCUT2D eigenvalue weighted by Gasteiger charge is -2.36. The summed E-state index contributed by atoms with van der Waals surface area (Å²) < 4.78 is 5.42. The molecule has 0 bridgehead atoms. The number of H-pyrrole nitrogens is 1. The number of carbonyl (C=O) groups excluding carboxylic acids is 1. The van der Waals surface area contributed by atoms with E-state index in [1.165, 1.54) is 0 Å².